The third kappa shape index (κ3) is 5.01. The van der Waals surface area contributed by atoms with Crippen LogP contribution in [-0.2, 0) is 14.4 Å². The summed E-state index contributed by atoms with van der Waals surface area (Å²) in [6.07, 6.45) is 5.10. The second kappa shape index (κ2) is 9.53. The fourth-order valence-corrected chi connectivity index (χ4v) is 4.01. The first kappa shape index (κ1) is 22.0. The molecule has 0 spiro atoms. The molecule has 0 aliphatic carbocycles. The van der Waals surface area contributed by atoms with Crippen LogP contribution in [0.4, 0.5) is 11.5 Å². The Bertz CT molecular complexity index is 1200. The van der Waals surface area contributed by atoms with Gasteiger partial charge in [0.1, 0.15) is 11.9 Å². The molecule has 1 aliphatic rings. The number of aliphatic carboxylic acids is 2. The van der Waals surface area contributed by atoms with E-state index < -0.39 is 23.9 Å². The maximum atomic E-state index is 12.3. The lowest BCUT2D eigenvalue weighted by Gasteiger charge is -2.38. The molecule has 0 radical (unpaired) electrons. The molecule has 1 amide bonds. The van der Waals surface area contributed by atoms with Crippen molar-refractivity contribution in [2.24, 2.45) is 0 Å². The Morgan fingerprint density at radius 2 is 1.85 bits per heavy atom. The summed E-state index contributed by atoms with van der Waals surface area (Å²) in [4.78, 5) is 46.3. The van der Waals surface area contributed by atoms with E-state index in [0.29, 0.717) is 42.8 Å². The van der Waals surface area contributed by atoms with E-state index >= 15 is 0 Å². The molecular weight excluding hydrogens is 426 g/mol. The van der Waals surface area contributed by atoms with Gasteiger partial charge in [-0.05, 0) is 30.3 Å². The van der Waals surface area contributed by atoms with Crippen molar-refractivity contribution < 1.29 is 24.6 Å². The number of anilines is 2. The molecule has 10 nitrogen and oxygen atoms in total. The van der Waals surface area contributed by atoms with Crippen molar-refractivity contribution in [3.05, 3.63) is 66.5 Å². The average molecular weight is 449 g/mol. The molecule has 33 heavy (non-hydrogen) atoms. The van der Waals surface area contributed by atoms with Crippen LogP contribution in [0.3, 0.4) is 0 Å². The van der Waals surface area contributed by atoms with Crippen LogP contribution in [0.15, 0.2) is 60.9 Å². The maximum Gasteiger partial charge on any atom is 0.328 e. The number of aromatic amines is 1. The van der Waals surface area contributed by atoms with Gasteiger partial charge in [-0.25, -0.2) is 9.78 Å². The number of aromatic nitrogens is 2. The fraction of sp³-hybridized carbons (Fsp3) is 0.217. The number of fused-ring (bicyclic) bond motifs is 1. The van der Waals surface area contributed by atoms with E-state index in [1.807, 2.05) is 23.1 Å². The molecule has 10 heteroatoms. The van der Waals surface area contributed by atoms with Crippen LogP contribution in [-0.4, -0.2) is 69.1 Å². The molecule has 3 heterocycles. The number of hydrogen-bond donors (Lipinski definition) is 4. The molecule has 0 saturated carbocycles. The molecule has 1 aliphatic heterocycles. The number of benzene rings is 1. The summed E-state index contributed by atoms with van der Waals surface area (Å²) in [5.41, 5.74) is 1.77. The number of amides is 1. The molecule has 4 rings (SSSR count). The van der Waals surface area contributed by atoms with Crippen LogP contribution in [0.1, 0.15) is 11.6 Å². The maximum absolute atomic E-state index is 12.3. The number of carboxylic acids is 2. The lowest BCUT2D eigenvalue weighted by atomic mass is 10.0. The van der Waals surface area contributed by atoms with Crippen molar-refractivity contribution >= 4 is 40.3 Å². The van der Waals surface area contributed by atoms with Gasteiger partial charge in [0.25, 0.3) is 0 Å². The summed E-state index contributed by atoms with van der Waals surface area (Å²) in [5.74, 6) is -1.90. The topological polar surface area (TPSA) is 139 Å². The molecule has 1 fully saturated rings. The van der Waals surface area contributed by atoms with Gasteiger partial charge >= 0.3 is 11.9 Å². The fourth-order valence-electron chi connectivity index (χ4n) is 4.01. The SMILES string of the molecule is O=C(O)/C=C/C(=O)Nc1ccc2[nH]cc(C(C(=O)O)N3CCN(c4ccccn4)CC3)c2c1. The first-order chi connectivity index (χ1) is 15.9. The summed E-state index contributed by atoms with van der Waals surface area (Å²) in [5, 5.41) is 22.0. The second-order valence-corrected chi connectivity index (χ2v) is 7.62. The first-order valence-electron chi connectivity index (χ1n) is 10.4. The standard InChI is InChI=1S/C23H23N5O5/c29-20(6-7-21(30)31)26-15-4-5-18-16(13-15)17(14-25-18)22(23(32)33)28-11-9-27(10-12-28)19-3-1-2-8-24-19/h1-8,13-14,22,25H,9-12H2,(H,26,29)(H,30,31)(H,32,33)/b7-6+. The van der Waals surface area contributed by atoms with Crippen molar-refractivity contribution in [2.45, 2.75) is 6.04 Å². The number of hydrogen-bond acceptors (Lipinski definition) is 6. The molecule has 0 bridgehead atoms. The normalized spacial score (nSPS) is 15.6. The summed E-state index contributed by atoms with van der Waals surface area (Å²) < 4.78 is 0. The molecular formula is C23H23N5O5. The number of piperazine rings is 1. The van der Waals surface area contributed by atoms with Gasteiger partial charge in [0.15, 0.2) is 0 Å². The second-order valence-electron chi connectivity index (χ2n) is 7.62. The number of H-pyrrole nitrogens is 1. The number of pyridine rings is 1. The van der Waals surface area contributed by atoms with Crippen molar-refractivity contribution in [1.29, 1.82) is 0 Å². The number of carbonyl (C=O) groups excluding carboxylic acids is 1. The van der Waals surface area contributed by atoms with Crippen molar-refractivity contribution in [3.8, 4) is 0 Å². The summed E-state index contributed by atoms with van der Waals surface area (Å²) in [6.45, 7) is 2.41. The van der Waals surface area contributed by atoms with Gasteiger partial charge in [0, 0.05) is 72.9 Å². The minimum atomic E-state index is -1.22. The third-order valence-electron chi connectivity index (χ3n) is 5.54. The van der Waals surface area contributed by atoms with Crippen molar-refractivity contribution in [2.75, 3.05) is 36.4 Å². The first-order valence-corrected chi connectivity index (χ1v) is 10.4. The molecule has 1 unspecified atom stereocenters. The number of nitrogens with zero attached hydrogens (tertiary/aromatic N) is 3. The summed E-state index contributed by atoms with van der Waals surface area (Å²) >= 11 is 0. The van der Waals surface area contributed by atoms with E-state index in [0.717, 1.165) is 23.5 Å². The van der Waals surface area contributed by atoms with Gasteiger partial charge in [-0.15, -0.1) is 0 Å². The number of rotatable bonds is 7. The van der Waals surface area contributed by atoms with Crippen molar-refractivity contribution in [1.82, 2.24) is 14.9 Å². The zero-order chi connectivity index (χ0) is 23.4. The molecule has 3 aromatic rings. The quantitative estimate of drug-likeness (QED) is 0.402. The lowest BCUT2D eigenvalue weighted by Crippen LogP contribution is -2.49. The Labute approximate surface area is 189 Å². The van der Waals surface area contributed by atoms with Gasteiger partial charge in [0.05, 0.1) is 0 Å². The van der Waals surface area contributed by atoms with Crippen LogP contribution in [0.25, 0.3) is 10.9 Å². The van der Waals surface area contributed by atoms with Crippen molar-refractivity contribution in [3.63, 3.8) is 0 Å². The highest BCUT2D eigenvalue weighted by atomic mass is 16.4. The Kier molecular flexibility index (Phi) is 6.36. The van der Waals surface area contributed by atoms with Crippen LogP contribution in [0.2, 0.25) is 0 Å². The van der Waals surface area contributed by atoms with Crippen LogP contribution < -0.4 is 10.2 Å². The Morgan fingerprint density at radius 3 is 2.52 bits per heavy atom. The Hall–Kier alpha value is -4.18. The predicted octanol–water partition coefficient (Wildman–Crippen LogP) is 2.09. The van der Waals surface area contributed by atoms with E-state index in [-0.39, 0.29) is 0 Å². The van der Waals surface area contributed by atoms with Crippen LogP contribution in [0, 0.1) is 0 Å². The van der Waals surface area contributed by atoms with Gasteiger partial charge < -0.3 is 25.4 Å². The zero-order valence-corrected chi connectivity index (χ0v) is 17.6. The number of nitrogens with one attached hydrogen (secondary N) is 2. The number of carbonyl (C=O) groups is 3. The molecule has 1 aromatic carbocycles. The van der Waals surface area contributed by atoms with Gasteiger partial charge in [-0.2, -0.15) is 0 Å². The third-order valence-corrected chi connectivity index (χ3v) is 5.54. The van der Waals surface area contributed by atoms with E-state index in [2.05, 4.69) is 20.2 Å². The largest absolute Gasteiger partial charge is 0.480 e. The van der Waals surface area contributed by atoms with E-state index in [1.165, 1.54) is 0 Å². The number of carboxylic acid groups (broad SMARTS) is 2. The van der Waals surface area contributed by atoms with Crippen LogP contribution in [0.5, 0.6) is 0 Å². The highest BCUT2D eigenvalue weighted by Gasteiger charge is 2.32. The van der Waals surface area contributed by atoms with E-state index in [4.69, 9.17) is 5.11 Å². The van der Waals surface area contributed by atoms with Gasteiger partial charge in [0.2, 0.25) is 5.91 Å². The average Bonchev–Trinajstić information content (AvgIpc) is 3.21. The molecule has 1 saturated heterocycles. The minimum absolute atomic E-state index is 0.437. The Morgan fingerprint density at radius 1 is 1.06 bits per heavy atom. The molecule has 4 N–H and O–H groups in total. The Balaban J connectivity index is 1.55. The molecule has 1 atom stereocenters. The van der Waals surface area contributed by atoms with Gasteiger partial charge in [-0.3, -0.25) is 14.5 Å². The van der Waals surface area contributed by atoms with E-state index in [9.17, 15) is 19.5 Å². The minimum Gasteiger partial charge on any atom is -0.480 e. The monoisotopic (exact) mass is 449 g/mol. The van der Waals surface area contributed by atoms with Gasteiger partial charge in [-0.1, -0.05) is 6.07 Å². The lowest BCUT2D eigenvalue weighted by molar-refractivity contribution is -0.143. The zero-order valence-electron chi connectivity index (χ0n) is 17.6. The summed E-state index contributed by atoms with van der Waals surface area (Å²) in [7, 11) is 0. The predicted molar refractivity (Wildman–Crippen MR) is 122 cm³/mol. The highest BCUT2D eigenvalue weighted by molar-refractivity contribution is 6.03. The summed E-state index contributed by atoms with van der Waals surface area (Å²) in [6, 6.07) is 9.95. The molecule has 2 aromatic heterocycles. The smallest absolute Gasteiger partial charge is 0.328 e. The van der Waals surface area contributed by atoms with Crippen LogP contribution >= 0.6 is 0 Å². The highest BCUT2D eigenvalue weighted by Crippen LogP contribution is 2.31. The van der Waals surface area contributed by atoms with E-state index in [1.54, 1.807) is 30.6 Å². The molecule has 170 valence electrons.